The maximum atomic E-state index is 12.5. The summed E-state index contributed by atoms with van der Waals surface area (Å²) in [7, 11) is -1.87. The number of sulfonamides is 1. The van der Waals surface area contributed by atoms with E-state index in [1.54, 1.807) is 11.4 Å². The van der Waals surface area contributed by atoms with E-state index in [0.29, 0.717) is 17.1 Å². The lowest BCUT2D eigenvalue weighted by Gasteiger charge is -2.25. The summed E-state index contributed by atoms with van der Waals surface area (Å²) in [5.41, 5.74) is 0. The number of aryl methyl sites for hydroxylation is 1. The van der Waals surface area contributed by atoms with Gasteiger partial charge >= 0.3 is 0 Å². The number of nitrogens with zero attached hydrogens (tertiary/aromatic N) is 4. The predicted molar refractivity (Wildman–Crippen MR) is 63.7 cm³/mol. The fourth-order valence-electron chi connectivity index (χ4n) is 2.88. The number of rotatable bonds is 2. The monoisotopic (exact) mass is 320 g/mol. The van der Waals surface area contributed by atoms with E-state index in [-0.39, 0.29) is 11.1 Å². The number of piperidine rings is 1. The molecule has 6 nitrogen and oxygen atoms in total. The number of aromatic nitrogens is 3. The van der Waals surface area contributed by atoms with Gasteiger partial charge in [-0.1, -0.05) is 5.21 Å². The highest BCUT2D eigenvalue weighted by molar-refractivity contribution is 9.10. The van der Waals surface area contributed by atoms with Gasteiger partial charge < -0.3 is 0 Å². The molecule has 94 valence electrons. The molecule has 1 aliphatic carbocycles. The Bertz CT molecular complexity index is 536. The van der Waals surface area contributed by atoms with Gasteiger partial charge in [-0.2, -0.15) is 4.31 Å². The van der Waals surface area contributed by atoms with Crippen molar-refractivity contribution in [1.29, 1.82) is 0 Å². The van der Waals surface area contributed by atoms with Crippen LogP contribution >= 0.6 is 15.9 Å². The molecule has 1 saturated heterocycles. The standard InChI is InChI=1S/C9H13BrN4O2S/c1-13-9(8(10)11-12-13)17(15,16)14-5-6-2-3-7(14)4-6/h6-7H,2-5H2,1H3. The molecule has 1 aromatic heterocycles. The summed E-state index contributed by atoms with van der Waals surface area (Å²) < 4.78 is 28.3. The summed E-state index contributed by atoms with van der Waals surface area (Å²) in [5, 5.41) is 7.63. The zero-order valence-electron chi connectivity index (χ0n) is 9.37. The normalized spacial score (nSPS) is 29.1. The van der Waals surface area contributed by atoms with Crippen molar-refractivity contribution in [3.8, 4) is 0 Å². The van der Waals surface area contributed by atoms with Crippen LogP contribution in [0.15, 0.2) is 9.63 Å². The third kappa shape index (κ3) is 1.65. The molecule has 3 rings (SSSR count). The molecule has 8 heteroatoms. The first-order valence-electron chi connectivity index (χ1n) is 5.57. The van der Waals surface area contributed by atoms with Crippen molar-refractivity contribution in [3.05, 3.63) is 4.60 Å². The van der Waals surface area contributed by atoms with Crippen molar-refractivity contribution < 1.29 is 8.42 Å². The van der Waals surface area contributed by atoms with Gasteiger partial charge in [0.05, 0.1) is 0 Å². The molecule has 2 bridgehead atoms. The Balaban J connectivity index is 2.02. The first kappa shape index (κ1) is 11.6. The van der Waals surface area contributed by atoms with Gasteiger partial charge in [-0.3, -0.25) is 0 Å². The second-order valence-electron chi connectivity index (χ2n) is 4.72. The van der Waals surface area contributed by atoms with Crippen molar-refractivity contribution in [1.82, 2.24) is 19.3 Å². The molecule has 1 aliphatic heterocycles. The smallest absolute Gasteiger partial charge is 0.235 e. The quantitative estimate of drug-likeness (QED) is 0.806. The lowest BCUT2D eigenvalue weighted by molar-refractivity contribution is 0.330. The van der Waals surface area contributed by atoms with Gasteiger partial charge in [0.2, 0.25) is 5.03 Å². The predicted octanol–water partition coefficient (Wildman–Crippen LogP) is 0.751. The average molecular weight is 321 g/mol. The lowest BCUT2D eigenvalue weighted by atomic mass is 10.1. The zero-order valence-corrected chi connectivity index (χ0v) is 11.8. The van der Waals surface area contributed by atoms with Crippen molar-refractivity contribution in [2.24, 2.45) is 13.0 Å². The van der Waals surface area contributed by atoms with E-state index >= 15 is 0 Å². The summed E-state index contributed by atoms with van der Waals surface area (Å²) in [6.45, 7) is 0.643. The van der Waals surface area contributed by atoms with Crippen LogP contribution in [0.25, 0.3) is 0 Å². The van der Waals surface area contributed by atoms with Crippen molar-refractivity contribution in [3.63, 3.8) is 0 Å². The highest BCUT2D eigenvalue weighted by Gasteiger charge is 2.45. The molecule has 2 atom stereocenters. The highest BCUT2D eigenvalue weighted by atomic mass is 79.9. The maximum Gasteiger partial charge on any atom is 0.263 e. The Morgan fingerprint density at radius 2 is 2.18 bits per heavy atom. The summed E-state index contributed by atoms with van der Waals surface area (Å²) >= 11 is 3.15. The largest absolute Gasteiger partial charge is 0.263 e. The fourth-order valence-corrected chi connectivity index (χ4v) is 5.66. The van der Waals surface area contributed by atoms with Gasteiger partial charge in [0.25, 0.3) is 10.0 Å². The van der Waals surface area contributed by atoms with Crippen LogP contribution in [0.1, 0.15) is 19.3 Å². The van der Waals surface area contributed by atoms with E-state index in [0.717, 1.165) is 19.3 Å². The summed E-state index contributed by atoms with van der Waals surface area (Å²) in [6, 6.07) is 0.173. The Morgan fingerprint density at radius 1 is 1.41 bits per heavy atom. The molecule has 0 N–H and O–H groups in total. The van der Waals surface area contributed by atoms with E-state index in [9.17, 15) is 8.42 Å². The van der Waals surface area contributed by atoms with E-state index < -0.39 is 10.0 Å². The number of fused-ring (bicyclic) bond motifs is 2. The van der Waals surface area contributed by atoms with Crippen molar-refractivity contribution in [2.45, 2.75) is 30.3 Å². The van der Waals surface area contributed by atoms with E-state index in [2.05, 4.69) is 26.2 Å². The molecule has 1 aromatic rings. The van der Waals surface area contributed by atoms with Crippen LogP contribution in [0.3, 0.4) is 0 Å². The Kier molecular flexibility index (Phi) is 2.57. The first-order valence-corrected chi connectivity index (χ1v) is 7.80. The summed E-state index contributed by atoms with van der Waals surface area (Å²) in [5.74, 6) is 0.537. The summed E-state index contributed by atoms with van der Waals surface area (Å²) in [6.07, 6.45) is 3.14. The van der Waals surface area contributed by atoms with Gasteiger partial charge in [-0.25, -0.2) is 13.1 Å². The molecule has 2 unspecified atom stereocenters. The molecule has 2 fully saturated rings. The van der Waals surface area contributed by atoms with Crippen LogP contribution in [0, 0.1) is 5.92 Å². The van der Waals surface area contributed by atoms with E-state index in [1.807, 2.05) is 0 Å². The molecule has 0 radical (unpaired) electrons. The third-order valence-electron chi connectivity index (χ3n) is 3.65. The number of hydrogen-bond donors (Lipinski definition) is 0. The molecule has 0 aromatic carbocycles. The summed E-state index contributed by atoms with van der Waals surface area (Å²) in [4.78, 5) is 0. The minimum atomic E-state index is -3.46. The molecular weight excluding hydrogens is 308 g/mol. The molecular formula is C9H13BrN4O2S. The first-order chi connectivity index (χ1) is 8.00. The van der Waals surface area contributed by atoms with Crippen LogP contribution in [-0.4, -0.2) is 40.3 Å². The second kappa shape index (κ2) is 3.76. The SMILES string of the molecule is Cn1nnc(Br)c1S(=O)(=O)N1CC2CCC1C2. The van der Waals surface area contributed by atoms with E-state index in [1.165, 1.54) is 4.68 Å². The molecule has 0 amide bonds. The number of halogens is 1. The molecule has 17 heavy (non-hydrogen) atoms. The Morgan fingerprint density at radius 3 is 2.65 bits per heavy atom. The number of hydrogen-bond acceptors (Lipinski definition) is 4. The van der Waals surface area contributed by atoms with Crippen LogP contribution in [0.2, 0.25) is 0 Å². The van der Waals surface area contributed by atoms with Crippen LogP contribution < -0.4 is 0 Å². The Labute approximate surface area is 108 Å². The maximum absolute atomic E-state index is 12.5. The van der Waals surface area contributed by atoms with E-state index in [4.69, 9.17) is 0 Å². The van der Waals surface area contributed by atoms with Crippen LogP contribution in [-0.2, 0) is 17.1 Å². The van der Waals surface area contributed by atoms with Crippen LogP contribution in [0.4, 0.5) is 0 Å². The molecule has 2 aliphatic rings. The molecule has 0 spiro atoms. The van der Waals surface area contributed by atoms with Crippen LogP contribution in [0.5, 0.6) is 0 Å². The van der Waals surface area contributed by atoms with Crippen molar-refractivity contribution >= 4 is 26.0 Å². The minimum Gasteiger partial charge on any atom is -0.235 e. The minimum absolute atomic E-state index is 0.157. The Hall–Kier alpha value is -0.470. The van der Waals surface area contributed by atoms with Gasteiger partial charge in [0.15, 0.2) is 4.60 Å². The topological polar surface area (TPSA) is 68.1 Å². The van der Waals surface area contributed by atoms with Gasteiger partial charge in [-0.05, 0) is 41.1 Å². The fraction of sp³-hybridized carbons (Fsp3) is 0.778. The zero-order chi connectivity index (χ0) is 12.2. The average Bonchev–Trinajstić information content (AvgIpc) is 2.93. The second-order valence-corrected chi connectivity index (χ2v) is 7.27. The highest BCUT2D eigenvalue weighted by Crippen LogP contribution is 2.41. The van der Waals surface area contributed by atoms with Gasteiger partial charge in [0.1, 0.15) is 0 Å². The lowest BCUT2D eigenvalue weighted by Crippen LogP contribution is -2.38. The molecule has 1 saturated carbocycles. The van der Waals surface area contributed by atoms with Gasteiger partial charge in [-0.15, -0.1) is 5.10 Å². The molecule has 2 heterocycles. The third-order valence-corrected chi connectivity index (χ3v) is 6.46. The van der Waals surface area contributed by atoms with Crippen molar-refractivity contribution in [2.75, 3.05) is 6.54 Å². The van der Waals surface area contributed by atoms with Gasteiger partial charge in [0, 0.05) is 19.6 Å².